The van der Waals surface area contributed by atoms with E-state index in [2.05, 4.69) is 6.92 Å². The maximum absolute atomic E-state index is 5.99. The van der Waals surface area contributed by atoms with E-state index >= 15 is 0 Å². The molecule has 16 heavy (non-hydrogen) atoms. The lowest BCUT2D eigenvalue weighted by atomic mass is 10.2. The Morgan fingerprint density at radius 1 is 1.12 bits per heavy atom. The summed E-state index contributed by atoms with van der Waals surface area (Å²) in [4.78, 5) is 0. The lowest BCUT2D eigenvalue weighted by molar-refractivity contribution is 0.0501. The second-order valence-corrected chi connectivity index (χ2v) is 6.63. The summed E-state index contributed by atoms with van der Waals surface area (Å²) in [6.45, 7) is 3.32. The molecule has 98 valence electrons. The van der Waals surface area contributed by atoms with Crippen LogP contribution in [0, 0.1) is 0 Å². The standard InChI is InChI=1S/C10H26N2O3Si/c1-4-10(6-8-12)15-16(13-2,14-3)9-5-7-11/h10H,4-9,11-12H2,1-3H3. The van der Waals surface area contributed by atoms with E-state index < -0.39 is 8.80 Å². The predicted octanol–water partition coefficient (Wildman–Crippen LogP) is 0.711. The Hall–Kier alpha value is 0.0169. The second kappa shape index (κ2) is 9.09. The molecule has 0 radical (unpaired) electrons. The molecule has 0 bridgehead atoms. The monoisotopic (exact) mass is 250 g/mol. The molecule has 1 atom stereocenters. The molecule has 0 aromatic heterocycles. The minimum absolute atomic E-state index is 0.120. The molecule has 1 unspecified atom stereocenters. The summed E-state index contributed by atoms with van der Waals surface area (Å²) < 4.78 is 16.9. The Morgan fingerprint density at radius 2 is 1.75 bits per heavy atom. The minimum atomic E-state index is -2.52. The van der Waals surface area contributed by atoms with Crippen molar-refractivity contribution in [2.75, 3.05) is 27.3 Å². The van der Waals surface area contributed by atoms with E-state index in [-0.39, 0.29) is 6.10 Å². The molecule has 0 aliphatic carbocycles. The van der Waals surface area contributed by atoms with Crippen LogP contribution in [0.25, 0.3) is 0 Å². The van der Waals surface area contributed by atoms with Gasteiger partial charge in [0.15, 0.2) is 0 Å². The van der Waals surface area contributed by atoms with Crippen LogP contribution in [-0.4, -0.2) is 42.2 Å². The SMILES string of the molecule is CCC(CCN)O[Si](CCCN)(OC)OC. The summed E-state index contributed by atoms with van der Waals surface area (Å²) in [5.74, 6) is 0. The molecule has 0 saturated heterocycles. The summed E-state index contributed by atoms with van der Waals surface area (Å²) in [7, 11) is 0.759. The van der Waals surface area contributed by atoms with Crippen LogP contribution in [0.1, 0.15) is 26.2 Å². The van der Waals surface area contributed by atoms with Crippen molar-refractivity contribution < 1.29 is 13.3 Å². The number of hydrogen-bond donors (Lipinski definition) is 2. The van der Waals surface area contributed by atoms with Crippen LogP contribution in [0.15, 0.2) is 0 Å². The van der Waals surface area contributed by atoms with E-state index in [1.807, 2.05) is 0 Å². The Morgan fingerprint density at radius 3 is 2.12 bits per heavy atom. The fraction of sp³-hybridized carbons (Fsp3) is 1.00. The Labute approximate surface area is 99.8 Å². The first-order chi connectivity index (χ1) is 7.67. The zero-order valence-electron chi connectivity index (χ0n) is 10.7. The molecular weight excluding hydrogens is 224 g/mol. The number of rotatable bonds is 10. The fourth-order valence-electron chi connectivity index (χ4n) is 1.55. The van der Waals surface area contributed by atoms with Crippen LogP contribution in [-0.2, 0) is 13.3 Å². The first-order valence-corrected chi connectivity index (χ1v) is 7.79. The van der Waals surface area contributed by atoms with Gasteiger partial charge in [0.2, 0.25) is 0 Å². The third kappa shape index (κ3) is 5.38. The molecule has 4 N–H and O–H groups in total. The molecule has 0 aliphatic rings. The summed E-state index contributed by atoms with van der Waals surface area (Å²) >= 11 is 0. The van der Waals surface area contributed by atoms with Crippen molar-refractivity contribution in [2.45, 2.75) is 38.3 Å². The van der Waals surface area contributed by atoms with Crippen molar-refractivity contribution in [3.05, 3.63) is 0 Å². The quantitative estimate of drug-likeness (QED) is 0.558. The minimum Gasteiger partial charge on any atom is -0.377 e. The highest BCUT2D eigenvalue weighted by Crippen LogP contribution is 2.20. The van der Waals surface area contributed by atoms with E-state index in [0.29, 0.717) is 13.1 Å². The van der Waals surface area contributed by atoms with Gasteiger partial charge in [0.05, 0.1) is 6.10 Å². The Balaban J connectivity index is 4.37. The van der Waals surface area contributed by atoms with Gasteiger partial charge in [0, 0.05) is 20.3 Å². The van der Waals surface area contributed by atoms with Gasteiger partial charge in [-0.25, -0.2) is 0 Å². The summed E-state index contributed by atoms with van der Waals surface area (Å²) in [6.07, 6.45) is 2.73. The van der Waals surface area contributed by atoms with Crippen molar-refractivity contribution in [1.29, 1.82) is 0 Å². The van der Waals surface area contributed by atoms with Gasteiger partial charge in [-0.2, -0.15) is 0 Å². The highest BCUT2D eigenvalue weighted by molar-refractivity contribution is 6.60. The molecule has 0 saturated carbocycles. The zero-order chi connectivity index (χ0) is 12.4. The van der Waals surface area contributed by atoms with Crippen LogP contribution in [0.3, 0.4) is 0 Å². The Kier molecular flexibility index (Phi) is 9.10. The molecule has 0 fully saturated rings. The molecule has 0 aliphatic heterocycles. The molecule has 0 rings (SSSR count). The molecule has 5 nitrogen and oxygen atoms in total. The molecule has 0 aromatic carbocycles. The van der Waals surface area contributed by atoms with Gasteiger partial charge in [-0.3, -0.25) is 0 Å². The zero-order valence-corrected chi connectivity index (χ0v) is 11.7. The lowest BCUT2D eigenvalue weighted by Gasteiger charge is -2.30. The molecule has 0 aromatic rings. The topological polar surface area (TPSA) is 79.7 Å². The van der Waals surface area contributed by atoms with Crippen molar-refractivity contribution >= 4 is 8.80 Å². The molecular formula is C10H26N2O3Si. The van der Waals surface area contributed by atoms with Gasteiger partial charge in [-0.05, 0) is 32.4 Å². The summed E-state index contributed by atoms with van der Waals surface area (Å²) in [6, 6.07) is 0.761. The first-order valence-electron chi connectivity index (χ1n) is 5.86. The van der Waals surface area contributed by atoms with Crippen molar-refractivity contribution in [2.24, 2.45) is 11.5 Å². The highest BCUT2D eigenvalue weighted by atomic mass is 28.4. The molecule has 0 amide bonds. The van der Waals surface area contributed by atoms with Crippen LogP contribution in [0.5, 0.6) is 0 Å². The van der Waals surface area contributed by atoms with E-state index in [4.69, 9.17) is 24.7 Å². The maximum atomic E-state index is 5.99. The van der Waals surface area contributed by atoms with Crippen LogP contribution < -0.4 is 11.5 Å². The summed E-state index contributed by atoms with van der Waals surface area (Å²) in [5.41, 5.74) is 11.0. The van der Waals surface area contributed by atoms with Crippen LogP contribution >= 0.6 is 0 Å². The van der Waals surface area contributed by atoms with Gasteiger partial charge in [-0.15, -0.1) is 0 Å². The fourth-order valence-corrected chi connectivity index (χ4v) is 3.86. The number of hydrogen-bond acceptors (Lipinski definition) is 5. The average Bonchev–Trinajstić information content (AvgIpc) is 2.33. The van der Waals surface area contributed by atoms with Crippen LogP contribution in [0.4, 0.5) is 0 Å². The molecule has 6 heteroatoms. The van der Waals surface area contributed by atoms with Gasteiger partial charge in [0.1, 0.15) is 0 Å². The number of nitrogens with two attached hydrogens (primary N) is 2. The van der Waals surface area contributed by atoms with Gasteiger partial charge in [-0.1, -0.05) is 6.92 Å². The second-order valence-electron chi connectivity index (χ2n) is 3.71. The third-order valence-corrected chi connectivity index (χ3v) is 5.50. The average molecular weight is 250 g/mol. The Bertz CT molecular complexity index is 168. The van der Waals surface area contributed by atoms with Gasteiger partial charge in [0.25, 0.3) is 0 Å². The van der Waals surface area contributed by atoms with E-state index in [1.54, 1.807) is 14.2 Å². The largest absolute Gasteiger partial charge is 0.500 e. The first kappa shape index (κ1) is 16.0. The van der Waals surface area contributed by atoms with E-state index in [9.17, 15) is 0 Å². The van der Waals surface area contributed by atoms with Crippen molar-refractivity contribution in [3.8, 4) is 0 Å². The summed E-state index contributed by atoms with van der Waals surface area (Å²) in [5, 5.41) is 0. The van der Waals surface area contributed by atoms with E-state index in [0.717, 1.165) is 25.3 Å². The molecule has 0 heterocycles. The predicted molar refractivity (Wildman–Crippen MR) is 67.1 cm³/mol. The third-order valence-electron chi connectivity index (χ3n) is 2.60. The van der Waals surface area contributed by atoms with Gasteiger partial charge >= 0.3 is 8.80 Å². The lowest BCUT2D eigenvalue weighted by Crippen LogP contribution is -2.47. The normalized spacial score (nSPS) is 14.1. The maximum Gasteiger partial charge on any atom is 0.500 e. The van der Waals surface area contributed by atoms with Crippen LogP contribution in [0.2, 0.25) is 6.04 Å². The smallest absolute Gasteiger partial charge is 0.377 e. The van der Waals surface area contributed by atoms with Crippen molar-refractivity contribution in [3.63, 3.8) is 0 Å². The highest BCUT2D eigenvalue weighted by Gasteiger charge is 2.40. The molecule has 0 spiro atoms. The van der Waals surface area contributed by atoms with Gasteiger partial charge < -0.3 is 24.7 Å². The van der Waals surface area contributed by atoms with Crippen molar-refractivity contribution in [1.82, 2.24) is 0 Å². The van der Waals surface area contributed by atoms with E-state index in [1.165, 1.54) is 0 Å².